The van der Waals surface area contributed by atoms with Gasteiger partial charge < -0.3 is 9.42 Å². The maximum Gasteiger partial charge on any atom is 0.378 e. The summed E-state index contributed by atoms with van der Waals surface area (Å²) in [5.41, 5.74) is 0. The second-order valence-electron chi connectivity index (χ2n) is 4.34. The zero-order chi connectivity index (χ0) is 15.6. The molecule has 0 saturated carbocycles. The van der Waals surface area contributed by atoms with Crippen molar-refractivity contribution in [1.29, 1.82) is 0 Å². The summed E-state index contributed by atoms with van der Waals surface area (Å²) in [5.74, 6) is -1.05. The standard InChI is InChI=1S/C9H20O8PS2/c1-4-19(11,12)6-8-9(7-20(13,14)5-2)17-18(10,15-3)16-8/h8-10H,4-7H2,1-3H3. The molecule has 1 radical (unpaired) electrons. The predicted octanol–water partition coefficient (Wildman–Crippen LogP) is -0.0439. The van der Waals surface area contributed by atoms with Crippen molar-refractivity contribution < 1.29 is 35.3 Å². The molecule has 11 heteroatoms. The second-order valence-corrected chi connectivity index (χ2v) is 10.9. The molecule has 1 N–H and O–H groups in total. The van der Waals surface area contributed by atoms with Crippen LogP contribution in [0.2, 0.25) is 0 Å². The van der Waals surface area contributed by atoms with Crippen LogP contribution in [0.4, 0.5) is 0 Å². The topological polar surface area (TPSA) is 116 Å². The van der Waals surface area contributed by atoms with Crippen LogP contribution in [-0.2, 0) is 33.2 Å². The van der Waals surface area contributed by atoms with Gasteiger partial charge in [0.1, 0.15) is 12.2 Å². The normalized spacial score (nSPS) is 31.6. The third-order valence-electron chi connectivity index (χ3n) is 2.90. The summed E-state index contributed by atoms with van der Waals surface area (Å²) in [4.78, 5) is 9.83. The Morgan fingerprint density at radius 1 is 1.00 bits per heavy atom. The van der Waals surface area contributed by atoms with E-state index in [1.807, 2.05) is 0 Å². The van der Waals surface area contributed by atoms with Crippen LogP contribution in [0.15, 0.2) is 0 Å². The SMILES string of the molecule is CCS(=O)(=O)CC1O[P](O)(OC)OC1CS(=O)(=O)CC. The van der Waals surface area contributed by atoms with Crippen LogP contribution in [0.25, 0.3) is 0 Å². The fourth-order valence-corrected chi connectivity index (χ4v) is 5.17. The van der Waals surface area contributed by atoms with Gasteiger partial charge in [-0.2, -0.15) is 0 Å². The fourth-order valence-electron chi connectivity index (χ4n) is 1.60. The summed E-state index contributed by atoms with van der Waals surface area (Å²) >= 11 is 0. The van der Waals surface area contributed by atoms with Crippen LogP contribution >= 0.6 is 8.17 Å². The van der Waals surface area contributed by atoms with E-state index >= 15 is 0 Å². The van der Waals surface area contributed by atoms with Crippen LogP contribution in [0.1, 0.15) is 13.8 Å². The molecule has 1 aliphatic heterocycles. The van der Waals surface area contributed by atoms with E-state index < -0.39 is 51.6 Å². The van der Waals surface area contributed by atoms with Gasteiger partial charge in [-0.25, -0.2) is 16.8 Å². The Balaban J connectivity index is 2.93. The van der Waals surface area contributed by atoms with Gasteiger partial charge in [0.25, 0.3) is 0 Å². The van der Waals surface area contributed by atoms with Crippen LogP contribution in [0.5, 0.6) is 0 Å². The highest BCUT2D eigenvalue weighted by Crippen LogP contribution is 2.64. The van der Waals surface area contributed by atoms with E-state index in [4.69, 9.17) is 9.05 Å². The van der Waals surface area contributed by atoms with Crippen molar-refractivity contribution in [3.8, 4) is 0 Å². The maximum absolute atomic E-state index is 11.6. The molecule has 1 aliphatic rings. The maximum atomic E-state index is 11.6. The van der Waals surface area contributed by atoms with Crippen molar-refractivity contribution in [3.63, 3.8) is 0 Å². The predicted molar refractivity (Wildman–Crippen MR) is 74.5 cm³/mol. The first-order valence-corrected chi connectivity index (χ1v) is 11.2. The lowest BCUT2D eigenvalue weighted by Gasteiger charge is -2.18. The van der Waals surface area contributed by atoms with Gasteiger partial charge in [0.05, 0.1) is 11.5 Å². The largest absolute Gasteiger partial charge is 0.378 e. The molecule has 1 saturated heterocycles. The first kappa shape index (κ1) is 18.2. The molecule has 0 aliphatic carbocycles. The first-order valence-electron chi connectivity index (χ1n) is 6.01. The molecule has 121 valence electrons. The van der Waals surface area contributed by atoms with E-state index in [1.165, 1.54) is 13.8 Å². The lowest BCUT2D eigenvalue weighted by molar-refractivity contribution is 0.170. The van der Waals surface area contributed by atoms with Gasteiger partial charge in [-0.1, -0.05) is 13.8 Å². The smallest absolute Gasteiger partial charge is 0.314 e. The zero-order valence-corrected chi connectivity index (χ0v) is 14.1. The third kappa shape index (κ3) is 4.87. The van der Waals surface area contributed by atoms with E-state index in [0.717, 1.165) is 7.11 Å². The Morgan fingerprint density at radius 2 is 1.35 bits per heavy atom. The zero-order valence-electron chi connectivity index (χ0n) is 11.6. The number of sulfone groups is 2. The highest BCUT2D eigenvalue weighted by molar-refractivity contribution is 7.91. The molecule has 1 heterocycles. The molecular weight excluding hydrogens is 331 g/mol. The summed E-state index contributed by atoms with van der Waals surface area (Å²) in [6.07, 6.45) is -2.11. The van der Waals surface area contributed by atoms with Crippen molar-refractivity contribution in [2.24, 2.45) is 0 Å². The molecular formula is C9H20O8PS2. The van der Waals surface area contributed by atoms with E-state index in [2.05, 4.69) is 4.52 Å². The highest BCUT2D eigenvalue weighted by atomic mass is 32.2. The first-order chi connectivity index (χ1) is 9.06. The van der Waals surface area contributed by atoms with Crippen LogP contribution < -0.4 is 0 Å². The minimum atomic E-state index is -3.64. The van der Waals surface area contributed by atoms with Gasteiger partial charge >= 0.3 is 8.17 Å². The molecule has 0 amide bonds. The van der Waals surface area contributed by atoms with Gasteiger partial charge in [0.2, 0.25) is 0 Å². The van der Waals surface area contributed by atoms with Crippen LogP contribution in [0, 0.1) is 0 Å². The summed E-state index contributed by atoms with van der Waals surface area (Å²) < 4.78 is 61.5. The quantitative estimate of drug-likeness (QED) is 0.635. The lowest BCUT2D eigenvalue weighted by atomic mass is 10.3. The molecule has 0 bridgehead atoms. The average molecular weight is 351 g/mol. The monoisotopic (exact) mass is 351 g/mol. The van der Waals surface area contributed by atoms with Crippen molar-refractivity contribution >= 4 is 27.8 Å². The van der Waals surface area contributed by atoms with Gasteiger partial charge in [0, 0.05) is 18.6 Å². The molecule has 0 aromatic heterocycles. The molecule has 0 aromatic rings. The Kier molecular flexibility index (Phi) is 5.93. The van der Waals surface area contributed by atoms with E-state index in [0.29, 0.717) is 0 Å². The van der Waals surface area contributed by atoms with Gasteiger partial charge in [-0.05, 0) is 0 Å². The summed E-state index contributed by atoms with van der Waals surface area (Å²) in [6.45, 7) is 2.95. The minimum absolute atomic E-state index is 0.107. The molecule has 8 nitrogen and oxygen atoms in total. The second kappa shape index (κ2) is 6.51. The summed E-state index contributed by atoms with van der Waals surface area (Å²) in [6, 6.07) is 0. The molecule has 0 aromatic carbocycles. The van der Waals surface area contributed by atoms with E-state index in [9.17, 15) is 21.7 Å². The van der Waals surface area contributed by atoms with Crippen LogP contribution in [-0.4, -0.2) is 64.1 Å². The minimum Gasteiger partial charge on any atom is -0.314 e. The Labute approximate surface area is 119 Å². The number of hydrogen-bond donors (Lipinski definition) is 1. The molecule has 2 atom stereocenters. The van der Waals surface area contributed by atoms with E-state index in [-0.39, 0.29) is 11.5 Å². The molecule has 0 spiro atoms. The van der Waals surface area contributed by atoms with Crippen molar-refractivity contribution in [1.82, 2.24) is 0 Å². The van der Waals surface area contributed by atoms with Crippen molar-refractivity contribution in [2.45, 2.75) is 26.1 Å². The molecule has 1 fully saturated rings. The Bertz CT molecular complexity index is 484. The van der Waals surface area contributed by atoms with E-state index in [1.54, 1.807) is 0 Å². The average Bonchev–Trinajstić information content (AvgIpc) is 2.65. The third-order valence-corrected chi connectivity index (χ3v) is 7.87. The van der Waals surface area contributed by atoms with Gasteiger partial charge in [-0.15, -0.1) is 0 Å². The molecule has 1 rings (SSSR count). The Morgan fingerprint density at radius 3 is 1.60 bits per heavy atom. The summed E-state index contributed by atoms with van der Waals surface area (Å²) in [5, 5.41) is 0. The number of hydrogen-bond acceptors (Lipinski definition) is 8. The number of rotatable bonds is 7. The summed E-state index contributed by atoms with van der Waals surface area (Å²) in [7, 11) is -9.30. The Hall–Kier alpha value is 0.170. The van der Waals surface area contributed by atoms with Crippen molar-refractivity contribution in [3.05, 3.63) is 0 Å². The lowest BCUT2D eigenvalue weighted by Crippen LogP contribution is -2.36. The van der Waals surface area contributed by atoms with Gasteiger partial charge in [0.15, 0.2) is 19.7 Å². The van der Waals surface area contributed by atoms with Crippen molar-refractivity contribution in [2.75, 3.05) is 30.1 Å². The highest BCUT2D eigenvalue weighted by Gasteiger charge is 2.49. The van der Waals surface area contributed by atoms with Gasteiger partial charge in [-0.3, -0.25) is 9.05 Å². The van der Waals surface area contributed by atoms with Crippen LogP contribution in [0.3, 0.4) is 0 Å². The molecule has 2 unspecified atom stereocenters. The fraction of sp³-hybridized carbons (Fsp3) is 1.00. The molecule has 20 heavy (non-hydrogen) atoms.